The van der Waals surface area contributed by atoms with Crippen molar-refractivity contribution < 1.29 is 9.63 Å². The first-order valence-corrected chi connectivity index (χ1v) is 5.73. The van der Waals surface area contributed by atoms with E-state index in [4.69, 9.17) is 4.84 Å². The van der Waals surface area contributed by atoms with Gasteiger partial charge in [-0.25, -0.2) is 5.06 Å². The van der Waals surface area contributed by atoms with E-state index in [1.807, 2.05) is 53.4 Å². The molecule has 4 nitrogen and oxygen atoms in total. The third kappa shape index (κ3) is 2.78. The van der Waals surface area contributed by atoms with Crippen molar-refractivity contribution in [1.82, 2.24) is 9.63 Å². The van der Waals surface area contributed by atoms with Gasteiger partial charge in [-0.05, 0) is 29.8 Å². The minimum Gasteiger partial charge on any atom is -0.324 e. The van der Waals surface area contributed by atoms with Crippen molar-refractivity contribution in [1.29, 1.82) is 0 Å². The van der Waals surface area contributed by atoms with Crippen molar-refractivity contribution in [3.05, 3.63) is 54.4 Å². The van der Waals surface area contributed by atoms with Gasteiger partial charge >= 0.3 is 0 Å². The van der Waals surface area contributed by atoms with Crippen LogP contribution in [0.5, 0.6) is 0 Å². The summed E-state index contributed by atoms with van der Waals surface area (Å²) >= 11 is 0. The minimum absolute atomic E-state index is 0.0637. The fourth-order valence-corrected chi connectivity index (χ4v) is 1.68. The summed E-state index contributed by atoms with van der Waals surface area (Å²) in [4.78, 5) is 16.5. The number of likely N-dealkylation sites (N-methyl/N-ethyl adjacent to an activating group) is 1. The highest BCUT2D eigenvalue weighted by molar-refractivity contribution is 5.77. The monoisotopic (exact) mass is 244 g/mol. The zero-order chi connectivity index (χ0) is 13.0. The maximum Gasteiger partial charge on any atom is 0.250 e. The van der Waals surface area contributed by atoms with Crippen LogP contribution in [0.25, 0.3) is 5.69 Å². The highest BCUT2D eigenvalue weighted by Crippen LogP contribution is 2.11. The lowest BCUT2D eigenvalue weighted by Crippen LogP contribution is -2.26. The molecule has 1 aromatic heterocycles. The molecule has 1 amide bonds. The highest BCUT2D eigenvalue weighted by Gasteiger charge is 2.08. The quantitative estimate of drug-likeness (QED) is 0.771. The van der Waals surface area contributed by atoms with Crippen molar-refractivity contribution in [3.63, 3.8) is 0 Å². The first kappa shape index (κ1) is 12.4. The van der Waals surface area contributed by atoms with E-state index < -0.39 is 0 Å². The molecular formula is C14H16N2O2. The average molecular weight is 244 g/mol. The van der Waals surface area contributed by atoms with E-state index >= 15 is 0 Å². The van der Waals surface area contributed by atoms with Gasteiger partial charge in [0.1, 0.15) is 0 Å². The molecule has 0 atom stereocenters. The number of carbonyl (C=O) groups is 1. The van der Waals surface area contributed by atoms with Gasteiger partial charge in [0.15, 0.2) is 0 Å². The molecule has 0 aliphatic heterocycles. The fourth-order valence-electron chi connectivity index (χ4n) is 1.68. The lowest BCUT2D eigenvalue weighted by molar-refractivity contribution is -0.167. The summed E-state index contributed by atoms with van der Waals surface area (Å²) in [5, 5.41) is 1.24. The third-order valence-electron chi connectivity index (χ3n) is 2.82. The molecule has 2 rings (SSSR count). The molecule has 94 valence electrons. The molecule has 2 aromatic rings. The number of hydroxylamine groups is 2. The van der Waals surface area contributed by atoms with Gasteiger partial charge < -0.3 is 4.57 Å². The van der Waals surface area contributed by atoms with E-state index in [0.29, 0.717) is 6.42 Å². The van der Waals surface area contributed by atoms with Gasteiger partial charge in [0, 0.05) is 25.1 Å². The van der Waals surface area contributed by atoms with Crippen LogP contribution in [0.1, 0.15) is 5.56 Å². The molecular weight excluding hydrogens is 228 g/mol. The second-order valence-electron chi connectivity index (χ2n) is 4.01. The molecule has 0 radical (unpaired) electrons. The summed E-state index contributed by atoms with van der Waals surface area (Å²) in [6.45, 7) is 0. The van der Waals surface area contributed by atoms with Gasteiger partial charge in [-0.3, -0.25) is 9.63 Å². The predicted octanol–water partition coefficient (Wildman–Crippen LogP) is 2.04. The van der Waals surface area contributed by atoms with Gasteiger partial charge in [-0.2, -0.15) is 0 Å². The summed E-state index contributed by atoms with van der Waals surface area (Å²) in [6.07, 6.45) is 4.31. The Bertz CT molecular complexity index is 503. The Kier molecular flexibility index (Phi) is 3.79. The third-order valence-corrected chi connectivity index (χ3v) is 2.82. The molecule has 0 N–H and O–H groups in total. The number of rotatable bonds is 4. The van der Waals surface area contributed by atoms with Crippen LogP contribution in [0.4, 0.5) is 0 Å². The van der Waals surface area contributed by atoms with Crippen LogP contribution in [0.3, 0.4) is 0 Å². The van der Waals surface area contributed by atoms with E-state index in [9.17, 15) is 4.79 Å². The summed E-state index contributed by atoms with van der Waals surface area (Å²) in [6, 6.07) is 11.9. The van der Waals surface area contributed by atoms with Crippen molar-refractivity contribution in [2.24, 2.45) is 0 Å². The molecule has 0 spiro atoms. The maximum atomic E-state index is 11.7. The fraction of sp³-hybridized carbons (Fsp3) is 0.214. The van der Waals surface area contributed by atoms with Gasteiger partial charge in [0.25, 0.3) is 0 Å². The number of nitrogens with zero attached hydrogens (tertiary/aromatic N) is 2. The van der Waals surface area contributed by atoms with E-state index in [-0.39, 0.29) is 5.91 Å². The van der Waals surface area contributed by atoms with Crippen LogP contribution in [-0.4, -0.2) is 29.7 Å². The first-order chi connectivity index (χ1) is 8.70. The second-order valence-corrected chi connectivity index (χ2v) is 4.01. The molecule has 0 bridgehead atoms. The van der Waals surface area contributed by atoms with E-state index in [2.05, 4.69) is 0 Å². The summed E-state index contributed by atoms with van der Waals surface area (Å²) < 4.78 is 2.02. The molecule has 0 aliphatic rings. The van der Waals surface area contributed by atoms with Crippen LogP contribution in [0.2, 0.25) is 0 Å². The molecule has 1 heterocycles. The molecule has 0 saturated carbocycles. The van der Waals surface area contributed by atoms with E-state index in [0.717, 1.165) is 11.3 Å². The smallest absolute Gasteiger partial charge is 0.250 e. The summed E-state index contributed by atoms with van der Waals surface area (Å²) in [5.41, 5.74) is 2.05. The largest absolute Gasteiger partial charge is 0.324 e. The number of aromatic nitrogens is 1. The van der Waals surface area contributed by atoms with Crippen LogP contribution >= 0.6 is 0 Å². The topological polar surface area (TPSA) is 34.5 Å². The van der Waals surface area contributed by atoms with Crippen molar-refractivity contribution in [3.8, 4) is 5.69 Å². The predicted molar refractivity (Wildman–Crippen MR) is 69.3 cm³/mol. The van der Waals surface area contributed by atoms with Crippen LogP contribution in [-0.2, 0) is 16.1 Å². The van der Waals surface area contributed by atoms with Crippen LogP contribution < -0.4 is 0 Å². The highest BCUT2D eigenvalue weighted by atomic mass is 16.7. The second kappa shape index (κ2) is 5.51. The molecule has 4 heteroatoms. The van der Waals surface area contributed by atoms with Crippen molar-refractivity contribution >= 4 is 5.91 Å². The number of carbonyl (C=O) groups excluding carboxylic acids is 1. The minimum atomic E-state index is -0.0637. The SMILES string of the molecule is CON(C)C(=O)Cc1ccc(-n2cccc2)cc1. The van der Waals surface area contributed by atoms with Gasteiger partial charge in [-0.15, -0.1) is 0 Å². The van der Waals surface area contributed by atoms with E-state index in [1.165, 1.54) is 12.2 Å². The zero-order valence-corrected chi connectivity index (χ0v) is 10.5. The molecule has 0 fully saturated rings. The molecule has 0 saturated heterocycles. The Hall–Kier alpha value is -2.07. The summed E-state index contributed by atoms with van der Waals surface area (Å²) in [5.74, 6) is -0.0637. The molecule has 0 unspecified atom stereocenters. The van der Waals surface area contributed by atoms with Crippen molar-refractivity contribution in [2.45, 2.75) is 6.42 Å². The van der Waals surface area contributed by atoms with Gasteiger partial charge in [0.05, 0.1) is 13.5 Å². The first-order valence-electron chi connectivity index (χ1n) is 5.73. The van der Waals surface area contributed by atoms with E-state index in [1.54, 1.807) is 7.05 Å². The Morgan fingerprint density at radius 2 is 1.83 bits per heavy atom. The number of hydrogen-bond acceptors (Lipinski definition) is 2. The Balaban J connectivity index is 2.06. The summed E-state index contributed by atoms with van der Waals surface area (Å²) in [7, 11) is 3.09. The Morgan fingerprint density at radius 1 is 1.22 bits per heavy atom. The maximum absolute atomic E-state index is 11.7. The molecule has 0 aliphatic carbocycles. The average Bonchev–Trinajstić information content (AvgIpc) is 2.92. The zero-order valence-electron chi connectivity index (χ0n) is 10.5. The number of amides is 1. The Labute approximate surface area is 106 Å². The van der Waals surface area contributed by atoms with Crippen LogP contribution in [0.15, 0.2) is 48.8 Å². The Morgan fingerprint density at radius 3 is 2.39 bits per heavy atom. The molecule has 18 heavy (non-hydrogen) atoms. The normalized spacial score (nSPS) is 10.3. The van der Waals surface area contributed by atoms with Gasteiger partial charge in [0.2, 0.25) is 5.91 Å². The van der Waals surface area contributed by atoms with Crippen LogP contribution in [0, 0.1) is 0 Å². The van der Waals surface area contributed by atoms with Crippen molar-refractivity contribution in [2.75, 3.05) is 14.2 Å². The molecule has 1 aromatic carbocycles. The lowest BCUT2D eigenvalue weighted by Gasteiger charge is -2.13. The standard InChI is InChI=1S/C14H16N2O2/c1-15(18-2)14(17)11-12-5-7-13(8-6-12)16-9-3-4-10-16/h3-10H,11H2,1-2H3. The number of hydrogen-bond donors (Lipinski definition) is 0. The lowest BCUT2D eigenvalue weighted by atomic mass is 10.1. The van der Waals surface area contributed by atoms with Gasteiger partial charge in [-0.1, -0.05) is 12.1 Å². The number of benzene rings is 1.